The summed E-state index contributed by atoms with van der Waals surface area (Å²) in [6.07, 6.45) is 3.30. The van der Waals surface area contributed by atoms with Gasteiger partial charge in [-0.05, 0) is 35.8 Å². The summed E-state index contributed by atoms with van der Waals surface area (Å²) in [6.45, 7) is 9.69. The zero-order valence-electron chi connectivity index (χ0n) is 12.6. The molecule has 0 aromatic heterocycles. The standard InChI is InChI=1S/C17H26O2/c1-12(2)14-8-7-9-15(13(3)4)17(14)19-16-10-5-6-11-18-16/h7-9,12-13,16H,5-6,10-11H2,1-4H3. The summed E-state index contributed by atoms with van der Waals surface area (Å²) >= 11 is 0. The number of para-hydroxylation sites is 1. The highest BCUT2D eigenvalue weighted by molar-refractivity contribution is 5.45. The van der Waals surface area contributed by atoms with Crippen molar-refractivity contribution in [1.29, 1.82) is 0 Å². The van der Waals surface area contributed by atoms with Crippen LogP contribution < -0.4 is 4.74 Å². The summed E-state index contributed by atoms with van der Waals surface area (Å²) in [5.41, 5.74) is 2.58. The molecule has 1 atom stereocenters. The molecule has 0 amide bonds. The molecule has 0 spiro atoms. The molecule has 2 heteroatoms. The average molecular weight is 262 g/mol. The van der Waals surface area contributed by atoms with Gasteiger partial charge in [0.15, 0.2) is 6.29 Å². The molecule has 19 heavy (non-hydrogen) atoms. The first kappa shape index (κ1) is 14.4. The first-order valence-electron chi connectivity index (χ1n) is 7.50. The number of hydrogen-bond donors (Lipinski definition) is 0. The molecule has 1 heterocycles. The smallest absolute Gasteiger partial charge is 0.199 e. The van der Waals surface area contributed by atoms with Gasteiger partial charge in [-0.15, -0.1) is 0 Å². The van der Waals surface area contributed by atoms with Gasteiger partial charge in [0.1, 0.15) is 5.75 Å². The van der Waals surface area contributed by atoms with E-state index in [1.165, 1.54) is 17.5 Å². The van der Waals surface area contributed by atoms with E-state index in [4.69, 9.17) is 9.47 Å². The fourth-order valence-corrected chi connectivity index (χ4v) is 2.55. The van der Waals surface area contributed by atoms with Crippen LogP contribution in [0.3, 0.4) is 0 Å². The largest absolute Gasteiger partial charge is 0.464 e. The molecule has 0 radical (unpaired) electrons. The number of rotatable bonds is 4. The fourth-order valence-electron chi connectivity index (χ4n) is 2.55. The van der Waals surface area contributed by atoms with Gasteiger partial charge in [0.25, 0.3) is 0 Å². The third kappa shape index (κ3) is 3.50. The van der Waals surface area contributed by atoms with E-state index in [2.05, 4.69) is 45.9 Å². The van der Waals surface area contributed by atoms with Gasteiger partial charge in [-0.25, -0.2) is 0 Å². The van der Waals surface area contributed by atoms with Crippen LogP contribution >= 0.6 is 0 Å². The van der Waals surface area contributed by atoms with Crippen LogP contribution in [0.15, 0.2) is 18.2 Å². The van der Waals surface area contributed by atoms with Crippen molar-refractivity contribution in [2.24, 2.45) is 0 Å². The maximum atomic E-state index is 6.22. The molecule has 1 saturated heterocycles. The van der Waals surface area contributed by atoms with E-state index in [9.17, 15) is 0 Å². The Kier molecular flexibility index (Phi) is 4.87. The summed E-state index contributed by atoms with van der Waals surface area (Å²) in [5.74, 6) is 1.99. The zero-order chi connectivity index (χ0) is 13.8. The molecular formula is C17H26O2. The van der Waals surface area contributed by atoms with Crippen molar-refractivity contribution < 1.29 is 9.47 Å². The molecule has 1 fully saturated rings. The molecule has 106 valence electrons. The van der Waals surface area contributed by atoms with Gasteiger partial charge in [0.05, 0.1) is 6.61 Å². The van der Waals surface area contributed by atoms with Crippen molar-refractivity contribution in [1.82, 2.24) is 0 Å². The first-order chi connectivity index (χ1) is 9.09. The second-order valence-electron chi connectivity index (χ2n) is 5.99. The quantitative estimate of drug-likeness (QED) is 0.773. The van der Waals surface area contributed by atoms with E-state index < -0.39 is 0 Å². The molecule has 0 saturated carbocycles. The summed E-state index contributed by atoms with van der Waals surface area (Å²) < 4.78 is 11.9. The Morgan fingerprint density at radius 3 is 2.16 bits per heavy atom. The van der Waals surface area contributed by atoms with Gasteiger partial charge < -0.3 is 9.47 Å². The normalized spacial score (nSPS) is 20.0. The van der Waals surface area contributed by atoms with E-state index in [1.54, 1.807) is 0 Å². The minimum atomic E-state index is -0.0638. The monoisotopic (exact) mass is 262 g/mol. The van der Waals surface area contributed by atoms with E-state index in [-0.39, 0.29) is 6.29 Å². The first-order valence-corrected chi connectivity index (χ1v) is 7.50. The molecule has 0 bridgehead atoms. The lowest BCUT2D eigenvalue weighted by Gasteiger charge is -2.27. The zero-order valence-corrected chi connectivity index (χ0v) is 12.6. The summed E-state index contributed by atoms with van der Waals surface area (Å²) in [6, 6.07) is 6.49. The second-order valence-corrected chi connectivity index (χ2v) is 5.99. The summed E-state index contributed by atoms with van der Waals surface area (Å²) in [5, 5.41) is 0. The maximum absolute atomic E-state index is 6.22. The van der Waals surface area contributed by atoms with Crippen molar-refractivity contribution in [3.05, 3.63) is 29.3 Å². The van der Waals surface area contributed by atoms with Crippen molar-refractivity contribution in [3.63, 3.8) is 0 Å². The molecule has 1 aromatic carbocycles. The predicted octanol–water partition coefficient (Wildman–Crippen LogP) is 4.84. The SMILES string of the molecule is CC(C)c1cccc(C(C)C)c1OC1CCCCO1. The Labute approximate surface area is 117 Å². The van der Waals surface area contributed by atoms with Crippen LogP contribution in [0.1, 0.15) is 69.9 Å². The lowest BCUT2D eigenvalue weighted by atomic mass is 9.94. The minimum absolute atomic E-state index is 0.0638. The summed E-state index contributed by atoms with van der Waals surface area (Å²) in [4.78, 5) is 0. The van der Waals surface area contributed by atoms with Crippen LogP contribution in [-0.2, 0) is 4.74 Å². The van der Waals surface area contributed by atoms with Gasteiger partial charge in [-0.1, -0.05) is 45.9 Å². The Morgan fingerprint density at radius 2 is 1.68 bits per heavy atom. The Balaban J connectivity index is 2.28. The van der Waals surface area contributed by atoms with Crippen LogP contribution in [0.25, 0.3) is 0 Å². The Bertz CT molecular complexity index is 377. The second kappa shape index (κ2) is 6.42. The summed E-state index contributed by atoms with van der Waals surface area (Å²) in [7, 11) is 0. The fraction of sp³-hybridized carbons (Fsp3) is 0.647. The van der Waals surface area contributed by atoms with Crippen molar-refractivity contribution in [2.75, 3.05) is 6.61 Å². The number of ether oxygens (including phenoxy) is 2. The van der Waals surface area contributed by atoms with Crippen LogP contribution in [0, 0.1) is 0 Å². The topological polar surface area (TPSA) is 18.5 Å². The molecule has 1 unspecified atom stereocenters. The highest BCUT2D eigenvalue weighted by Gasteiger charge is 2.21. The average Bonchev–Trinajstić information content (AvgIpc) is 2.39. The van der Waals surface area contributed by atoms with Crippen molar-refractivity contribution >= 4 is 0 Å². The molecule has 1 aliphatic heterocycles. The van der Waals surface area contributed by atoms with Crippen LogP contribution in [-0.4, -0.2) is 12.9 Å². The molecule has 2 nitrogen and oxygen atoms in total. The molecule has 1 aromatic rings. The van der Waals surface area contributed by atoms with Crippen LogP contribution in [0.5, 0.6) is 5.75 Å². The van der Waals surface area contributed by atoms with Gasteiger partial charge in [-0.3, -0.25) is 0 Å². The lowest BCUT2D eigenvalue weighted by Crippen LogP contribution is -2.26. The molecule has 0 aliphatic carbocycles. The van der Waals surface area contributed by atoms with E-state index in [1.807, 2.05) is 0 Å². The third-order valence-corrected chi connectivity index (χ3v) is 3.71. The maximum Gasteiger partial charge on any atom is 0.199 e. The molecule has 1 aliphatic rings. The van der Waals surface area contributed by atoms with Crippen LogP contribution in [0.4, 0.5) is 0 Å². The minimum Gasteiger partial charge on any atom is -0.464 e. The van der Waals surface area contributed by atoms with E-state index >= 15 is 0 Å². The molecular weight excluding hydrogens is 236 g/mol. The van der Waals surface area contributed by atoms with Crippen molar-refractivity contribution in [2.45, 2.75) is 65.1 Å². The Hall–Kier alpha value is -1.02. The highest BCUT2D eigenvalue weighted by Crippen LogP contribution is 2.36. The Morgan fingerprint density at radius 1 is 1.05 bits per heavy atom. The van der Waals surface area contributed by atoms with E-state index in [0.717, 1.165) is 25.2 Å². The lowest BCUT2D eigenvalue weighted by molar-refractivity contribution is -0.106. The molecule has 2 rings (SSSR count). The van der Waals surface area contributed by atoms with Crippen LogP contribution in [0.2, 0.25) is 0 Å². The van der Waals surface area contributed by atoms with Crippen molar-refractivity contribution in [3.8, 4) is 5.75 Å². The highest BCUT2D eigenvalue weighted by atomic mass is 16.7. The van der Waals surface area contributed by atoms with Gasteiger partial charge in [0.2, 0.25) is 0 Å². The number of hydrogen-bond acceptors (Lipinski definition) is 2. The van der Waals surface area contributed by atoms with E-state index in [0.29, 0.717) is 11.8 Å². The third-order valence-electron chi connectivity index (χ3n) is 3.71. The molecule has 0 N–H and O–H groups in total. The predicted molar refractivity (Wildman–Crippen MR) is 78.8 cm³/mol. The van der Waals surface area contributed by atoms with Gasteiger partial charge >= 0.3 is 0 Å². The number of benzene rings is 1. The van der Waals surface area contributed by atoms with Gasteiger partial charge in [-0.2, -0.15) is 0 Å². The van der Waals surface area contributed by atoms with Gasteiger partial charge in [0, 0.05) is 6.42 Å².